The van der Waals surface area contributed by atoms with Crippen molar-refractivity contribution in [2.24, 2.45) is 5.73 Å². The maximum Gasteiger partial charge on any atom is 0.0196 e. The van der Waals surface area contributed by atoms with Crippen molar-refractivity contribution in [2.75, 3.05) is 0 Å². The van der Waals surface area contributed by atoms with Crippen molar-refractivity contribution >= 4 is 15.9 Å². The van der Waals surface area contributed by atoms with E-state index >= 15 is 0 Å². The monoisotopic (exact) mass is 253 g/mol. The molecule has 1 nitrogen and oxygen atoms in total. The van der Waals surface area contributed by atoms with Crippen molar-refractivity contribution in [1.29, 1.82) is 0 Å². The third-order valence-electron chi connectivity index (χ3n) is 2.98. The molecule has 1 aromatic carbocycles. The molecule has 0 radical (unpaired) electrons. The molecule has 0 saturated heterocycles. The second kappa shape index (κ2) is 3.67. The molecule has 0 aromatic heterocycles. The summed E-state index contributed by atoms with van der Waals surface area (Å²) in [6, 6.07) is 6.52. The minimum atomic E-state index is 0.123. The Morgan fingerprint density at radius 3 is 2.64 bits per heavy atom. The van der Waals surface area contributed by atoms with Gasteiger partial charge in [-0.05, 0) is 48.9 Å². The number of hydrogen-bond acceptors (Lipinski definition) is 1. The topological polar surface area (TPSA) is 26.0 Å². The average Bonchev–Trinajstić information content (AvgIpc) is 2.87. The van der Waals surface area contributed by atoms with E-state index in [9.17, 15) is 0 Å². The van der Waals surface area contributed by atoms with Crippen molar-refractivity contribution in [2.45, 2.75) is 38.1 Å². The van der Waals surface area contributed by atoms with Gasteiger partial charge in [0.25, 0.3) is 0 Å². The smallest absolute Gasteiger partial charge is 0.0196 e. The normalized spacial score (nSPS) is 18.2. The van der Waals surface area contributed by atoms with Gasteiger partial charge in [-0.2, -0.15) is 0 Å². The fourth-order valence-electron chi connectivity index (χ4n) is 1.81. The van der Waals surface area contributed by atoms with Gasteiger partial charge in [0.15, 0.2) is 0 Å². The molecular formula is C12H16BrN. The quantitative estimate of drug-likeness (QED) is 0.881. The van der Waals surface area contributed by atoms with E-state index in [-0.39, 0.29) is 5.54 Å². The predicted octanol–water partition coefficient (Wildman–Crippen LogP) is 3.05. The van der Waals surface area contributed by atoms with Crippen LogP contribution in [-0.4, -0.2) is 5.54 Å². The molecule has 76 valence electrons. The van der Waals surface area contributed by atoms with E-state index in [1.165, 1.54) is 28.4 Å². The maximum atomic E-state index is 6.13. The minimum Gasteiger partial charge on any atom is -0.325 e. The molecule has 0 amide bonds. The highest BCUT2D eigenvalue weighted by Gasteiger charge is 2.38. The summed E-state index contributed by atoms with van der Waals surface area (Å²) in [6.07, 6.45) is 4.51. The highest BCUT2D eigenvalue weighted by Crippen LogP contribution is 2.36. The summed E-state index contributed by atoms with van der Waals surface area (Å²) in [4.78, 5) is 0. The zero-order valence-corrected chi connectivity index (χ0v) is 10.1. The molecule has 1 aliphatic carbocycles. The Balaban J connectivity index is 2.23. The van der Waals surface area contributed by atoms with Crippen LogP contribution >= 0.6 is 15.9 Å². The van der Waals surface area contributed by atoms with Crippen LogP contribution in [0.3, 0.4) is 0 Å². The molecule has 2 N–H and O–H groups in total. The van der Waals surface area contributed by atoms with E-state index < -0.39 is 0 Å². The fraction of sp³-hybridized carbons (Fsp3) is 0.500. The van der Waals surface area contributed by atoms with E-state index in [2.05, 4.69) is 41.1 Å². The standard InChI is InChI=1S/C12H16BrN/c1-2-9-7-11(13)4-3-10(9)8-12(14)5-6-12/h3-4,7H,2,5-6,8,14H2,1H3. The molecule has 1 fully saturated rings. The van der Waals surface area contributed by atoms with Gasteiger partial charge >= 0.3 is 0 Å². The van der Waals surface area contributed by atoms with Gasteiger partial charge in [0.1, 0.15) is 0 Å². The fourth-order valence-corrected chi connectivity index (χ4v) is 2.22. The number of aryl methyl sites for hydroxylation is 1. The maximum absolute atomic E-state index is 6.13. The number of nitrogens with two attached hydrogens (primary N) is 1. The molecule has 0 spiro atoms. The summed E-state index contributed by atoms with van der Waals surface area (Å²) in [5.74, 6) is 0. The Bertz CT molecular complexity index is 342. The van der Waals surface area contributed by atoms with Gasteiger partial charge in [-0.25, -0.2) is 0 Å². The van der Waals surface area contributed by atoms with Crippen LogP contribution in [0.5, 0.6) is 0 Å². The van der Waals surface area contributed by atoms with E-state index in [0.717, 1.165) is 12.8 Å². The molecule has 2 rings (SSSR count). The van der Waals surface area contributed by atoms with Gasteiger partial charge in [0.05, 0.1) is 0 Å². The Hall–Kier alpha value is -0.340. The van der Waals surface area contributed by atoms with Crippen LogP contribution in [0, 0.1) is 0 Å². The van der Waals surface area contributed by atoms with E-state index in [1.807, 2.05) is 0 Å². The van der Waals surface area contributed by atoms with Crippen LogP contribution in [0.25, 0.3) is 0 Å². The molecule has 1 saturated carbocycles. The molecule has 0 unspecified atom stereocenters. The molecule has 1 aromatic rings. The van der Waals surface area contributed by atoms with Gasteiger partial charge < -0.3 is 5.73 Å². The molecule has 0 bridgehead atoms. The van der Waals surface area contributed by atoms with Crippen LogP contribution in [0.15, 0.2) is 22.7 Å². The second-order valence-corrected chi connectivity index (χ2v) is 5.22. The SMILES string of the molecule is CCc1cc(Br)ccc1CC1(N)CC1. The summed E-state index contributed by atoms with van der Waals surface area (Å²) in [5, 5.41) is 0. The summed E-state index contributed by atoms with van der Waals surface area (Å²) in [6.45, 7) is 2.20. The van der Waals surface area contributed by atoms with Gasteiger partial charge in [-0.1, -0.05) is 28.9 Å². The molecule has 0 heterocycles. The zero-order chi connectivity index (χ0) is 10.2. The lowest BCUT2D eigenvalue weighted by molar-refractivity contribution is 0.667. The Morgan fingerprint density at radius 2 is 2.07 bits per heavy atom. The number of rotatable bonds is 3. The molecule has 0 aliphatic heterocycles. The number of hydrogen-bond donors (Lipinski definition) is 1. The van der Waals surface area contributed by atoms with Gasteiger partial charge in [-0.3, -0.25) is 0 Å². The highest BCUT2D eigenvalue weighted by molar-refractivity contribution is 9.10. The summed E-state index contributed by atoms with van der Waals surface area (Å²) < 4.78 is 1.17. The third kappa shape index (κ3) is 2.18. The van der Waals surface area contributed by atoms with E-state index in [0.29, 0.717) is 0 Å². The van der Waals surface area contributed by atoms with Crippen molar-refractivity contribution in [3.8, 4) is 0 Å². The van der Waals surface area contributed by atoms with E-state index in [1.54, 1.807) is 0 Å². The van der Waals surface area contributed by atoms with Gasteiger partial charge in [0.2, 0.25) is 0 Å². The Labute approximate surface area is 93.8 Å². The second-order valence-electron chi connectivity index (χ2n) is 4.31. The third-order valence-corrected chi connectivity index (χ3v) is 3.48. The van der Waals surface area contributed by atoms with Crippen LogP contribution in [0.1, 0.15) is 30.9 Å². The van der Waals surface area contributed by atoms with Crippen molar-refractivity contribution in [3.05, 3.63) is 33.8 Å². The molecule has 0 atom stereocenters. The zero-order valence-electron chi connectivity index (χ0n) is 8.52. The minimum absolute atomic E-state index is 0.123. The number of benzene rings is 1. The van der Waals surface area contributed by atoms with Crippen molar-refractivity contribution < 1.29 is 0 Å². The lowest BCUT2D eigenvalue weighted by Gasteiger charge is -2.12. The first-order valence-electron chi connectivity index (χ1n) is 5.19. The van der Waals surface area contributed by atoms with Crippen LogP contribution < -0.4 is 5.73 Å². The Morgan fingerprint density at radius 1 is 1.36 bits per heavy atom. The molecule has 14 heavy (non-hydrogen) atoms. The van der Waals surface area contributed by atoms with Gasteiger partial charge in [-0.15, -0.1) is 0 Å². The predicted molar refractivity (Wildman–Crippen MR) is 63.4 cm³/mol. The van der Waals surface area contributed by atoms with Crippen LogP contribution in [0.4, 0.5) is 0 Å². The molecule has 1 aliphatic rings. The first-order valence-corrected chi connectivity index (χ1v) is 5.98. The van der Waals surface area contributed by atoms with Crippen molar-refractivity contribution in [1.82, 2.24) is 0 Å². The van der Waals surface area contributed by atoms with Crippen molar-refractivity contribution in [3.63, 3.8) is 0 Å². The first-order chi connectivity index (χ1) is 6.63. The van der Waals surface area contributed by atoms with Crippen LogP contribution in [0.2, 0.25) is 0 Å². The van der Waals surface area contributed by atoms with E-state index in [4.69, 9.17) is 5.73 Å². The largest absolute Gasteiger partial charge is 0.325 e. The summed E-state index contributed by atoms with van der Waals surface area (Å²) in [5.41, 5.74) is 9.10. The van der Waals surface area contributed by atoms with Gasteiger partial charge in [0, 0.05) is 10.0 Å². The average molecular weight is 254 g/mol. The van der Waals surface area contributed by atoms with Crippen LogP contribution in [-0.2, 0) is 12.8 Å². The number of halogens is 1. The Kier molecular flexibility index (Phi) is 2.67. The summed E-state index contributed by atoms with van der Waals surface area (Å²) in [7, 11) is 0. The summed E-state index contributed by atoms with van der Waals surface area (Å²) >= 11 is 3.50. The first kappa shape index (κ1) is 10.2. The molecule has 2 heteroatoms. The molecular weight excluding hydrogens is 238 g/mol. The highest BCUT2D eigenvalue weighted by atomic mass is 79.9. The lowest BCUT2D eigenvalue weighted by Crippen LogP contribution is -2.25. The lowest BCUT2D eigenvalue weighted by atomic mass is 9.98.